The van der Waals surface area contributed by atoms with Gasteiger partial charge in [-0.15, -0.1) is 0 Å². The molecular formula is C27H29F7O2. The van der Waals surface area contributed by atoms with Crippen LogP contribution >= 0.6 is 0 Å². The minimum atomic E-state index is -3.96. The lowest BCUT2D eigenvalue weighted by Crippen LogP contribution is -2.36. The highest BCUT2D eigenvalue weighted by molar-refractivity contribution is 5.29. The topological polar surface area (TPSA) is 18.5 Å². The molecule has 2 aromatic rings. The molecule has 0 spiro atoms. The van der Waals surface area contributed by atoms with Crippen molar-refractivity contribution in [3.63, 3.8) is 0 Å². The molecule has 2 aromatic carbocycles. The molecule has 0 amide bonds. The van der Waals surface area contributed by atoms with Crippen molar-refractivity contribution in [3.05, 3.63) is 70.0 Å². The highest BCUT2D eigenvalue weighted by Crippen LogP contribution is 2.41. The van der Waals surface area contributed by atoms with Crippen molar-refractivity contribution in [3.8, 4) is 0 Å². The van der Waals surface area contributed by atoms with Gasteiger partial charge in [-0.1, -0.05) is 25.5 Å². The van der Waals surface area contributed by atoms with Gasteiger partial charge in [0.15, 0.2) is 29.1 Å². The number of hydrogen-bond acceptors (Lipinski definition) is 2. The van der Waals surface area contributed by atoms with Crippen LogP contribution in [0.5, 0.6) is 0 Å². The van der Waals surface area contributed by atoms with Crippen LogP contribution in [-0.2, 0) is 22.0 Å². The Balaban J connectivity index is 1.29. The number of benzene rings is 2. The SMILES string of the molecule is CCCc1ccc(C2CCC(C3CCC(OC(F)(F)c4cc(F)c(F)c(F)c4)CC3)OC2)c(F)c1F. The summed E-state index contributed by atoms with van der Waals surface area (Å²) in [6.07, 6.45) is -0.740. The van der Waals surface area contributed by atoms with E-state index in [1.807, 2.05) is 6.92 Å². The second kappa shape index (κ2) is 11.1. The number of rotatable bonds is 7. The van der Waals surface area contributed by atoms with Crippen molar-refractivity contribution >= 4 is 0 Å². The first-order chi connectivity index (χ1) is 17.1. The fourth-order valence-corrected chi connectivity index (χ4v) is 5.35. The summed E-state index contributed by atoms with van der Waals surface area (Å²) in [5.74, 6) is -6.97. The second-order valence-electron chi connectivity index (χ2n) is 9.76. The number of halogens is 7. The molecule has 4 rings (SSSR count). The fourth-order valence-electron chi connectivity index (χ4n) is 5.35. The molecule has 0 N–H and O–H groups in total. The van der Waals surface area contributed by atoms with Gasteiger partial charge >= 0.3 is 6.11 Å². The number of hydrogen-bond donors (Lipinski definition) is 0. The zero-order chi connectivity index (χ0) is 26.0. The Morgan fingerprint density at radius 3 is 2.11 bits per heavy atom. The first-order valence-electron chi connectivity index (χ1n) is 12.4. The fraction of sp³-hybridized carbons (Fsp3) is 0.556. The highest BCUT2D eigenvalue weighted by atomic mass is 19.3. The Labute approximate surface area is 205 Å². The van der Waals surface area contributed by atoms with E-state index >= 15 is 0 Å². The van der Waals surface area contributed by atoms with Crippen LogP contribution < -0.4 is 0 Å². The molecule has 2 nitrogen and oxygen atoms in total. The van der Waals surface area contributed by atoms with Crippen LogP contribution in [-0.4, -0.2) is 18.8 Å². The molecule has 1 heterocycles. The van der Waals surface area contributed by atoms with E-state index in [4.69, 9.17) is 9.47 Å². The third-order valence-electron chi connectivity index (χ3n) is 7.34. The summed E-state index contributed by atoms with van der Waals surface area (Å²) in [7, 11) is 0. The average Bonchev–Trinajstić information content (AvgIpc) is 2.86. The van der Waals surface area contributed by atoms with E-state index in [0.29, 0.717) is 56.1 Å². The summed E-state index contributed by atoms with van der Waals surface area (Å²) < 4.78 is 109. The molecule has 1 saturated heterocycles. The minimum Gasteiger partial charge on any atom is -0.377 e. The van der Waals surface area contributed by atoms with Crippen LogP contribution in [0.1, 0.15) is 74.5 Å². The summed E-state index contributed by atoms with van der Waals surface area (Å²) >= 11 is 0. The zero-order valence-electron chi connectivity index (χ0n) is 19.9. The summed E-state index contributed by atoms with van der Waals surface area (Å²) in [5, 5.41) is 0. The van der Waals surface area contributed by atoms with Gasteiger partial charge in [-0.05, 0) is 74.1 Å². The maximum absolute atomic E-state index is 14.6. The van der Waals surface area contributed by atoms with E-state index in [-0.39, 0.29) is 36.7 Å². The lowest BCUT2D eigenvalue weighted by Gasteiger charge is -2.38. The molecule has 198 valence electrons. The standard InChI is InChI=1S/C27H29F7O2/c1-2-3-16-6-10-20(25(31)24(16)30)17-7-11-23(35-14-17)15-4-8-19(9-5-15)36-27(33,34)18-12-21(28)26(32)22(29)13-18/h6,10,12-13,15,17,19,23H,2-5,7-9,11,14H2,1H3. The van der Waals surface area contributed by atoms with E-state index in [2.05, 4.69) is 0 Å². The normalized spacial score (nSPS) is 25.2. The van der Waals surface area contributed by atoms with E-state index in [1.54, 1.807) is 12.1 Å². The van der Waals surface area contributed by atoms with Gasteiger partial charge in [0.1, 0.15) is 0 Å². The molecule has 1 aliphatic carbocycles. The molecule has 36 heavy (non-hydrogen) atoms. The van der Waals surface area contributed by atoms with E-state index in [9.17, 15) is 30.7 Å². The molecule has 2 atom stereocenters. The lowest BCUT2D eigenvalue weighted by molar-refractivity contribution is -0.279. The monoisotopic (exact) mass is 518 g/mol. The van der Waals surface area contributed by atoms with Crippen LogP contribution in [0.3, 0.4) is 0 Å². The molecule has 0 radical (unpaired) electrons. The molecule has 2 unspecified atom stereocenters. The van der Waals surface area contributed by atoms with Crippen LogP contribution in [0.4, 0.5) is 30.7 Å². The molecular weight excluding hydrogens is 489 g/mol. The van der Waals surface area contributed by atoms with E-state index in [0.717, 1.165) is 6.42 Å². The van der Waals surface area contributed by atoms with Crippen molar-refractivity contribution in [2.45, 2.75) is 82.5 Å². The molecule has 0 bridgehead atoms. The van der Waals surface area contributed by atoms with E-state index in [1.165, 1.54) is 0 Å². The molecule has 9 heteroatoms. The summed E-state index contributed by atoms with van der Waals surface area (Å²) in [5.41, 5.74) is -0.388. The summed E-state index contributed by atoms with van der Waals surface area (Å²) in [4.78, 5) is 0. The number of ether oxygens (including phenoxy) is 2. The van der Waals surface area contributed by atoms with Crippen molar-refractivity contribution in [2.75, 3.05) is 6.61 Å². The van der Waals surface area contributed by atoms with Gasteiger partial charge in [0.2, 0.25) is 0 Å². The molecule has 0 aromatic heterocycles. The van der Waals surface area contributed by atoms with Gasteiger partial charge in [0.25, 0.3) is 0 Å². The Morgan fingerprint density at radius 1 is 0.861 bits per heavy atom. The highest BCUT2D eigenvalue weighted by Gasteiger charge is 2.40. The van der Waals surface area contributed by atoms with Crippen LogP contribution in [0.15, 0.2) is 24.3 Å². The summed E-state index contributed by atoms with van der Waals surface area (Å²) in [6.45, 7) is 2.16. The molecule has 1 saturated carbocycles. The Bertz CT molecular complexity index is 1040. The smallest absolute Gasteiger partial charge is 0.377 e. The van der Waals surface area contributed by atoms with Gasteiger partial charge in [0, 0.05) is 5.92 Å². The molecule has 1 aliphatic heterocycles. The third kappa shape index (κ3) is 5.72. The van der Waals surface area contributed by atoms with Gasteiger partial charge in [0.05, 0.1) is 24.4 Å². The van der Waals surface area contributed by atoms with Crippen molar-refractivity contribution in [2.24, 2.45) is 5.92 Å². The number of aryl methyl sites for hydroxylation is 1. The Morgan fingerprint density at radius 2 is 1.53 bits per heavy atom. The predicted octanol–water partition coefficient (Wildman–Crippen LogP) is 7.92. The van der Waals surface area contributed by atoms with Crippen molar-refractivity contribution in [1.29, 1.82) is 0 Å². The average molecular weight is 519 g/mol. The van der Waals surface area contributed by atoms with Gasteiger partial charge in [-0.25, -0.2) is 22.0 Å². The zero-order valence-corrected chi connectivity index (χ0v) is 19.9. The molecule has 2 aliphatic rings. The van der Waals surface area contributed by atoms with Gasteiger partial charge in [-0.2, -0.15) is 8.78 Å². The quantitative estimate of drug-likeness (QED) is 0.274. The Hall–Kier alpha value is -2.13. The maximum atomic E-state index is 14.6. The number of alkyl halides is 2. The van der Waals surface area contributed by atoms with Crippen LogP contribution in [0.2, 0.25) is 0 Å². The summed E-state index contributed by atoms with van der Waals surface area (Å²) in [6, 6.07) is 3.75. The predicted molar refractivity (Wildman–Crippen MR) is 119 cm³/mol. The van der Waals surface area contributed by atoms with E-state index < -0.39 is 46.9 Å². The first kappa shape index (κ1) is 26.9. The third-order valence-corrected chi connectivity index (χ3v) is 7.34. The Kier molecular flexibility index (Phi) is 8.29. The van der Waals surface area contributed by atoms with Crippen LogP contribution in [0, 0.1) is 35.0 Å². The van der Waals surface area contributed by atoms with Gasteiger partial charge in [-0.3, -0.25) is 0 Å². The van der Waals surface area contributed by atoms with Crippen molar-refractivity contribution < 1.29 is 40.2 Å². The largest absolute Gasteiger partial charge is 0.383 e. The van der Waals surface area contributed by atoms with Gasteiger partial charge < -0.3 is 9.47 Å². The van der Waals surface area contributed by atoms with Crippen LogP contribution in [0.25, 0.3) is 0 Å². The second-order valence-corrected chi connectivity index (χ2v) is 9.76. The van der Waals surface area contributed by atoms with Crippen molar-refractivity contribution in [1.82, 2.24) is 0 Å². The first-order valence-corrected chi connectivity index (χ1v) is 12.4. The minimum absolute atomic E-state index is 0.105. The maximum Gasteiger partial charge on any atom is 0.383 e. The molecule has 2 fully saturated rings. The lowest BCUT2D eigenvalue weighted by atomic mass is 9.79.